The van der Waals surface area contributed by atoms with E-state index in [9.17, 15) is 18.0 Å². The van der Waals surface area contributed by atoms with E-state index < -0.39 is 11.9 Å². The van der Waals surface area contributed by atoms with E-state index in [1.807, 2.05) is 41.4 Å². The number of nitrogens with zero attached hydrogens (tertiary/aromatic N) is 6. The lowest BCUT2D eigenvalue weighted by Gasteiger charge is -2.26. The quantitative estimate of drug-likeness (QED) is 0.639. The van der Waals surface area contributed by atoms with Gasteiger partial charge in [-0.15, -0.1) is 0 Å². The summed E-state index contributed by atoms with van der Waals surface area (Å²) in [4.78, 5) is 23.7. The largest absolute Gasteiger partial charge is 0.433 e. The van der Waals surface area contributed by atoms with Crippen molar-refractivity contribution < 1.29 is 18.0 Å². The Morgan fingerprint density at radius 3 is 2.61 bits per heavy atom. The molecule has 2 saturated heterocycles. The molecule has 0 unspecified atom stereocenters. The first kappa shape index (κ1) is 19.5. The molecule has 4 heterocycles. The molecule has 3 aromatic rings. The van der Waals surface area contributed by atoms with Crippen LogP contribution in [0.2, 0.25) is 0 Å². The summed E-state index contributed by atoms with van der Waals surface area (Å²) in [5, 5.41) is 4.20. The number of benzene rings is 1. The second-order valence-electron chi connectivity index (χ2n) is 7.72. The van der Waals surface area contributed by atoms with E-state index in [0.29, 0.717) is 19.5 Å². The Hall–Kier alpha value is -3.43. The van der Waals surface area contributed by atoms with E-state index in [0.717, 1.165) is 23.6 Å². The van der Waals surface area contributed by atoms with Crippen molar-refractivity contribution in [3.05, 3.63) is 66.4 Å². The van der Waals surface area contributed by atoms with Gasteiger partial charge in [0.25, 0.3) is 0 Å². The molecule has 1 amide bonds. The first-order valence-corrected chi connectivity index (χ1v) is 9.94. The minimum absolute atomic E-state index is 0.000883. The summed E-state index contributed by atoms with van der Waals surface area (Å²) in [6.45, 7) is 1.01. The van der Waals surface area contributed by atoms with Gasteiger partial charge in [-0.25, -0.2) is 14.6 Å². The Labute approximate surface area is 176 Å². The highest BCUT2D eigenvalue weighted by Crippen LogP contribution is 2.37. The summed E-state index contributed by atoms with van der Waals surface area (Å²) in [7, 11) is 0. The number of carbonyl (C=O) groups excluding carboxylic acids is 1. The molecule has 0 N–H and O–H groups in total. The number of aromatic nitrogens is 4. The number of amides is 1. The Morgan fingerprint density at radius 2 is 1.90 bits per heavy atom. The first-order chi connectivity index (χ1) is 14.9. The van der Waals surface area contributed by atoms with E-state index in [4.69, 9.17) is 0 Å². The van der Waals surface area contributed by atoms with Gasteiger partial charge in [-0.05, 0) is 30.2 Å². The van der Waals surface area contributed by atoms with Crippen molar-refractivity contribution in [2.75, 3.05) is 11.4 Å². The number of likely N-dealkylation sites (tertiary alicyclic amines) is 1. The van der Waals surface area contributed by atoms with Gasteiger partial charge in [-0.2, -0.15) is 18.3 Å². The minimum atomic E-state index is -4.53. The number of hydrogen-bond acceptors (Lipinski definition) is 5. The van der Waals surface area contributed by atoms with Crippen molar-refractivity contribution in [3.63, 3.8) is 0 Å². The molecule has 2 aliphatic heterocycles. The average Bonchev–Trinajstić information content (AvgIpc) is 3.47. The maximum Gasteiger partial charge on any atom is 0.433 e. The zero-order valence-corrected chi connectivity index (χ0v) is 16.4. The van der Waals surface area contributed by atoms with Gasteiger partial charge >= 0.3 is 6.18 Å². The molecule has 0 bridgehead atoms. The third kappa shape index (κ3) is 3.62. The van der Waals surface area contributed by atoms with Gasteiger partial charge in [0.05, 0.1) is 17.8 Å². The fourth-order valence-electron chi connectivity index (χ4n) is 4.45. The smallest absolute Gasteiger partial charge is 0.351 e. The molecule has 0 aliphatic carbocycles. The van der Waals surface area contributed by atoms with Crippen molar-refractivity contribution in [2.45, 2.75) is 37.6 Å². The molecule has 2 atom stereocenters. The van der Waals surface area contributed by atoms with Crippen molar-refractivity contribution in [2.24, 2.45) is 0 Å². The highest BCUT2D eigenvalue weighted by atomic mass is 19.4. The molecule has 2 aliphatic rings. The molecule has 10 heteroatoms. The molecular weight excluding hydrogens is 409 g/mol. The number of rotatable bonds is 4. The van der Waals surface area contributed by atoms with Crippen LogP contribution in [0.15, 0.2) is 55.1 Å². The fraction of sp³-hybridized carbons (Fsp3) is 0.333. The monoisotopic (exact) mass is 428 g/mol. The van der Waals surface area contributed by atoms with Gasteiger partial charge in [-0.1, -0.05) is 12.1 Å². The molecule has 2 fully saturated rings. The van der Waals surface area contributed by atoms with Crippen molar-refractivity contribution >= 4 is 11.7 Å². The van der Waals surface area contributed by atoms with Crippen molar-refractivity contribution in [3.8, 4) is 5.69 Å². The number of anilines is 1. The molecule has 0 spiro atoms. The lowest BCUT2D eigenvalue weighted by molar-refractivity contribution is -0.141. The molecule has 2 aromatic heterocycles. The van der Waals surface area contributed by atoms with Crippen LogP contribution in [-0.4, -0.2) is 49.2 Å². The van der Waals surface area contributed by atoms with E-state index in [-0.39, 0.29) is 30.2 Å². The van der Waals surface area contributed by atoms with E-state index >= 15 is 0 Å². The van der Waals surface area contributed by atoms with Crippen LogP contribution in [0.5, 0.6) is 0 Å². The average molecular weight is 428 g/mol. The molecule has 7 nitrogen and oxygen atoms in total. The zero-order chi connectivity index (χ0) is 21.6. The molecule has 5 rings (SSSR count). The maximum absolute atomic E-state index is 13.0. The molecular formula is C21H19F3N6O. The Morgan fingerprint density at radius 1 is 1.10 bits per heavy atom. The van der Waals surface area contributed by atoms with Gasteiger partial charge in [0.1, 0.15) is 17.8 Å². The lowest BCUT2D eigenvalue weighted by atomic mass is 10.1. The second-order valence-corrected chi connectivity index (χ2v) is 7.72. The minimum Gasteiger partial charge on any atom is -0.351 e. The Bertz CT molecular complexity index is 1080. The second kappa shape index (κ2) is 7.36. The Balaban J connectivity index is 1.32. The van der Waals surface area contributed by atoms with E-state index in [2.05, 4.69) is 15.1 Å². The third-order valence-corrected chi connectivity index (χ3v) is 5.91. The lowest BCUT2D eigenvalue weighted by Crippen LogP contribution is -2.37. The predicted octanol–water partition coefficient (Wildman–Crippen LogP) is 3.06. The standard InChI is InChI=1S/C21H19F3N6O/c22-21(23,24)18-11-19(26-13-25-18)28-9-6-16-17(28)10-20(31)29(16)12-14-2-4-15(5-3-14)30-8-1-7-27-30/h1-5,7-8,11,13,16-17H,6,9-10,12H2/t16-,17-/m0/s1. The normalized spacial score (nSPS) is 21.1. The predicted molar refractivity (Wildman–Crippen MR) is 105 cm³/mol. The summed E-state index contributed by atoms with van der Waals surface area (Å²) in [6, 6.07) is 10.4. The van der Waals surface area contributed by atoms with Crippen LogP contribution in [0.25, 0.3) is 5.69 Å². The number of fused-ring (bicyclic) bond motifs is 1. The fourth-order valence-corrected chi connectivity index (χ4v) is 4.45. The molecule has 31 heavy (non-hydrogen) atoms. The highest BCUT2D eigenvalue weighted by molar-refractivity contribution is 5.81. The zero-order valence-electron chi connectivity index (χ0n) is 16.4. The van der Waals surface area contributed by atoms with Crippen LogP contribution in [0.3, 0.4) is 0 Å². The summed E-state index contributed by atoms with van der Waals surface area (Å²) in [5.74, 6) is 0.217. The molecule has 0 radical (unpaired) electrons. The SMILES string of the molecule is O=C1C[C@H]2[C@H](CCN2c2cc(C(F)(F)F)ncn2)N1Cc1ccc(-n2cccn2)cc1. The number of halogens is 3. The van der Waals surface area contributed by atoms with Crippen LogP contribution >= 0.6 is 0 Å². The van der Waals surface area contributed by atoms with Gasteiger partial charge in [0.15, 0.2) is 0 Å². The molecule has 1 aromatic carbocycles. The van der Waals surface area contributed by atoms with Crippen molar-refractivity contribution in [1.29, 1.82) is 0 Å². The van der Waals surface area contributed by atoms with Gasteiger partial charge in [0.2, 0.25) is 5.91 Å². The highest BCUT2D eigenvalue weighted by Gasteiger charge is 2.47. The van der Waals surface area contributed by atoms with Crippen molar-refractivity contribution in [1.82, 2.24) is 24.6 Å². The maximum atomic E-state index is 13.0. The number of carbonyl (C=O) groups is 1. The van der Waals surface area contributed by atoms with Crippen LogP contribution in [0, 0.1) is 0 Å². The van der Waals surface area contributed by atoms with Gasteiger partial charge < -0.3 is 9.80 Å². The van der Waals surface area contributed by atoms with Gasteiger partial charge in [0, 0.05) is 38.0 Å². The Kier molecular flexibility index (Phi) is 4.64. The van der Waals surface area contributed by atoms with Gasteiger partial charge in [-0.3, -0.25) is 4.79 Å². The molecule has 160 valence electrons. The van der Waals surface area contributed by atoms with E-state index in [1.165, 1.54) is 0 Å². The summed E-state index contributed by atoms with van der Waals surface area (Å²) >= 11 is 0. The summed E-state index contributed by atoms with van der Waals surface area (Å²) < 4.78 is 40.8. The number of hydrogen-bond donors (Lipinski definition) is 0. The summed E-state index contributed by atoms with van der Waals surface area (Å²) in [6.07, 6.45) is 0.915. The first-order valence-electron chi connectivity index (χ1n) is 9.94. The summed E-state index contributed by atoms with van der Waals surface area (Å²) in [5.41, 5.74) is 0.944. The van der Waals surface area contributed by atoms with Crippen LogP contribution in [0.4, 0.5) is 19.0 Å². The topological polar surface area (TPSA) is 67.2 Å². The van der Waals surface area contributed by atoms with Crippen LogP contribution < -0.4 is 4.90 Å². The number of alkyl halides is 3. The van der Waals surface area contributed by atoms with Crippen LogP contribution in [0.1, 0.15) is 24.1 Å². The van der Waals surface area contributed by atoms with Crippen LogP contribution in [-0.2, 0) is 17.5 Å². The molecule has 0 saturated carbocycles. The third-order valence-electron chi connectivity index (χ3n) is 5.91. The van der Waals surface area contributed by atoms with E-state index in [1.54, 1.807) is 15.8 Å².